The fourth-order valence-electron chi connectivity index (χ4n) is 7.31. The number of amides is 4. The van der Waals surface area contributed by atoms with Crippen LogP contribution in [-0.4, -0.2) is 124 Å². The fraction of sp³-hybridized carbons (Fsp3) is 0.417. The van der Waals surface area contributed by atoms with E-state index >= 15 is 0 Å². The number of hydrogen-bond acceptors (Lipinski definition) is 17. The lowest BCUT2D eigenvalue weighted by Gasteiger charge is -2.50. The minimum absolute atomic E-state index is 0.0192. The fourth-order valence-corrected chi connectivity index (χ4v) is 8.58. The molecule has 2 aliphatic rings. The summed E-state index contributed by atoms with van der Waals surface area (Å²) in [6, 6.07) is 20.9. The Morgan fingerprint density at radius 3 is 2.03 bits per heavy atom. The number of thiazole rings is 1. The highest BCUT2D eigenvalue weighted by Crippen LogP contribution is 2.40. The van der Waals surface area contributed by atoms with Crippen molar-refractivity contribution in [1.29, 1.82) is 5.41 Å². The van der Waals surface area contributed by atoms with Crippen molar-refractivity contribution in [3.8, 4) is 5.75 Å². The molecule has 0 saturated carbocycles. The number of aromatic nitrogens is 1. The number of likely N-dealkylation sites (tertiary alicyclic amines) is 1. The van der Waals surface area contributed by atoms with Gasteiger partial charge in [0.15, 0.2) is 16.9 Å². The number of hydroxylamine groups is 2. The maximum Gasteiger partial charge on any atom is 0.427 e. The van der Waals surface area contributed by atoms with E-state index in [4.69, 9.17) is 29.2 Å². The zero-order valence-electron chi connectivity index (χ0n) is 41.7. The van der Waals surface area contributed by atoms with E-state index in [1.165, 1.54) is 58.9 Å². The van der Waals surface area contributed by atoms with E-state index < -0.39 is 110 Å². The van der Waals surface area contributed by atoms with Gasteiger partial charge in [-0.3, -0.25) is 24.9 Å². The molecule has 0 aliphatic carbocycles. The van der Waals surface area contributed by atoms with Crippen LogP contribution in [-0.2, 0) is 54.3 Å². The lowest BCUT2D eigenvalue weighted by Crippen LogP contribution is -2.76. The van der Waals surface area contributed by atoms with Gasteiger partial charge in [-0.05, 0) is 97.2 Å². The molecule has 2 aliphatic heterocycles. The van der Waals surface area contributed by atoms with Crippen molar-refractivity contribution < 1.29 is 78.2 Å². The van der Waals surface area contributed by atoms with Crippen LogP contribution >= 0.6 is 11.3 Å². The molecule has 4 aromatic rings. The van der Waals surface area contributed by atoms with Crippen LogP contribution < -0.4 is 20.7 Å². The lowest BCUT2D eigenvalue weighted by molar-refractivity contribution is -0.218. The van der Waals surface area contributed by atoms with E-state index in [1.807, 2.05) is 0 Å². The first-order valence-corrected chi connectivity index (χ1v) is 25.1. The maximum atomic E-state index is 14.9. The molecule has 75 heavy (non-hydrogen) atoms. The van der Waals surface area contributed by atoms with Crippen LogP contribution in [0.15, 0.2) is 90.1 Å². The Morgan fingerprint density at radius 2 is 1.49 bits per heavy atom. The second kappa shape index (κ2) is 22.6. The molecule has 0 radical (unpaired) electrons. The highest BCUT2D eigenvalue weighted by molar-refractivity contribution is 7.80. The highest BCUT2D eigenvalue weighted by atomic mass is 32.3. The summed E-state index contributed by atoms with van der Waals surface area (Å²) in [7, 11) is -5.27. The minimum Gasteiger partial charge on any atom is -0.489 e. The Labute approximate surface area is 433 Å². The van der Waals surface area contributed by atoms with Gasteiger partial charge in [0.1, 0.15) is 46.0 Å². The summed E-state index contributed by atoms with van der Waals surface area (Å²) in [6.07, 6.45) is -9.56. The zero-order valence-corrected chi connectivity index (χ0v) is 43.3. The molecule has 1 aromatic heterocycles. The summed E-state index contributed by atoms with van der Waals surface area (Å²) in [5.74, 6) is -3.95. The number of esters is 1. The van der Waals surface area contributed by atoms with Crippen molar-refractivity contribution in [3.63, 3.8) is 0 Å². The lowest BCUT2D eigenvalue weighted by atomic mass is 9.84. The largest absolute Gasteiger partial charge is 0.489 e. The third-order valence-electron chi connectivity index (χ3n) is 10.8. The number of benzene rings is 3. The van der Waals surface area contributed by atoms with Crippen LogP contribution in [0.2, 0.25) is 0 Å². The second-order valence-corrected chi connectivity index (χ2v) is 21.5. The number of rotatable bonds is 17. The average molecular weight is 1090 g/mol. The van der Waals surface area contributed by atoms with Crippen LogP contribution in [0, 0.1) is 5.41 Å². The number of anilines is 1. The van der Waals surface area contributed by atoms with Gasteiger partial charge in [0.25, 0.3) is 17.9 Å². The van der Waals surface area contributed by atoms with Gasteiger partial charge in [-0.25, -0.2) is 19.4 Å². The molecule has 404 valence electrons. The molecule has 5 N–H and O–H groups in total. The third-order valence-corrected chi connectivity index (χ3v) is 12.1. The van der Waals surface area contributed by atoms with Crippen molar-refractivity contribution in [2.24, 2.45) is 5.16 Å². The molecule has 2 saturated heterocycles. The first-order chi connectivity index (χ1) is 34.9. The predicted octanol–water partition coefficient (Wildman–Crippen LogP) is 6.77. The third kappa shape index (κ3) is 15.4. The number of carbonyl (C=O) groups excluding carboxylic acids is 5. The SMILES string of the molecule is CC(C)(C)OC(=O)Nc1nc(/C(=N/O[C@@H](COc2ccc(C(=N)N[C@@H]3CCN(C(=O)OC(C)(C)C)C3)cc2)C(=O)OC(c2ccccc2)c2ccccc2)C(=O)N[C@@H]2C(=O)N(OS(=O)(=O)O)C2(C)C)c(C(F)(F)F)s1. The van der Waals surface area contributed by atoms with Gasteiger partial charge in [0, 0.05) is 24.7 Å². The van der Waals surface area contributed by atoms with Crippen LogP contribution in [0.4, 0.5) is 27.9 Å². The first-order valence-electron chi connectivity index (χ1n) is 22.9. The zero-order chi connectivity index (χ0) is 55.3. The van der Waals surface area contributed by atoms with Gasteiger partial charge >= 0.3 is 34.7 Å². The molecule has 0 unspecified atom stereocenters. The van der Waals surface area contributed by atoms with Crippen LogP contribution in [0.25, 0.3) is 0 Å². The summed E-state index contributed by atoms with van der Waals surface area (Å²) in [6.45, 7) is 12.1. The predicted molar refractivity (Wildman–Crippen MR) is 263 cm³/mol. The molecule has 0 bridgehead atoms. The molecule has 0 spiro atoms. The summed E-state index contributed by atoms with van der Waals surface area (Å²) in [5.41, 5.74) is -4.74. The van der Waals surface area contributed by atoms with E-state index in [0.29, 0.717) is 36.2 Å². The van der Waals surface area contributed by atoms with Gasteiger partial charge in [-0.15, -0.1) is 4.28 Å². The molecular formula is C48H55F3N8O14S2. The Morgan fingerprint density at radius 1 is 0.907 bits per heavy atom. The number of oxime groups is 1. The highest BCUT2D eigenvalue weighted by Gasteiger charge is 2.58. The van der Waals surface area contributed by atoms with E-state index in [1.54, 1.807) is 86.3 Å². The molecule has 2 fully saturated rings. The Balaban J connectivity index is 1.33. The Hall–Kier alpha value is -7.36. The minimum atomic E-state index is -5.30. The number of ether oxygens (including phenoxy) is 4. The summed E-state index contributed by atoms with van der Waals surface area (Å²) < 4.78 is 104. The molecule has 22 nitrogen and oxygen atoms in total. The number of hydrogen-bond donors (Lipinski definition) is 5. The molecule has 3 heterocycles. The number of alkyl halides is 3. The summed E-state index contributed by atoms with van der Waals surface area (Å²) in [5, 5.41) is 19.3. The van der Waals surface area contributed by atoms with Crippen LogP contribution in [0.5, 0.6) is 5.75 Å². The second-order valence-electron chi connectivity index (χ2n) is 19.5. The Kier molecular flexibility index (Phi) is 17.2. The van der Waals surface area contributed by atoms with Gasteiger partial charge < -0.3 is 39.3 Å². The number of β-lactam (4-membered cyclic amide) rings is 1. The maximum absolute atomic E-state index is 14.9. The average Bonchev–Trinajstić information content (AvgIpc) is 3.97. The van der Waals surface area contributed by atoms with Gasteiger partial charge in [0.05, 0.1) is 5.54 Å². The monoisotopic (exact) mass is 1090 g/mol. The topological polar surface area (TPSA) is 287 Å². The number of halogens is 3. The van der Waals surface area contributed by atoms with Crippen LogP contribution in [0.3, 0.4) is 0 Å². The van der Waals surface area contributed by atoms with E-state index in [-0.39, 0.29) is 34.0 Å². The van der Waals surface area contributed by atoms with Gasteiger partial charge in [-0.1, -0.05) is 77.2 Å². The van der Waals surface area contributed by atoms with Crippen LogP contribution in [0.1, 0.15) is 95.2 Å². The van der Waals surface area contributed by atoms with Crippen molar-refractivity contribution >= 4 is 68.4 Å². The number of amidine groups is 1. The summed E-state index contributed by atoms with van der Waals surface area (Å²) >= 11 is -0.132. The molecule has 3 aromatic carbocycles. The van der Waals surface area contributed by atoms with Crippen molar-refractivity contribution in [2.45, 2.75) is 109 Å². The normalized spacial score (nSPS) is 17.3. The first kappa shape index (κ1) is 56.9. The molecule has 3 atom stereocenters. The smallest absolute Gasteiger partial charge is 0.427 e. The van der Waals surface area contributed by atoms with E-state index in [2.05, 4.69) is 30.4 Å². The standard InChI is InChI=1S/C48H55F3N8O14S2/c1-45(2,3)70-43(63)56-42-54-33(37(74-42)48(49,50)51)34(39(60)55-36-40(61)59(47(36,7)8)73-75(65,66)67)57-72-32(41(62)69-35(27-15-11-9-12-16-27)28-17-13-10-14-18-28)26-68-31-21-19-29(20-22-31)38(52)53-30-23-24-58(25-30)44(64)71-46(4,5)6/h9-22,30,32,35-36H,23-26H2,1-8H3,(H2,52,53)(H,55,60)(H,54,56,63)(H,65,66,67)/b57-34-/t30-,32+,36-/m1/s1. The van der Waals surface area contributed by atoms with Crippen molar-refractivity contribution in [1.82, 2.24) is 25.6 Å². The van der Waals surface area contributed by atoms with E-state index in [0.717, 1.165) is 0 Å². The molecule has 27 heteroatoms. The summed E-state index contributed by atoms with van der Waals surface area (Å²) in [4.78, 5) is 76.5. The number of nitrogens with one attached hydrogen (secondary N) is 4. The number of nitrogens with zero attached hydrogens (tertiary/aromatic N) is 4. The molecule has 6 rings (SSSR count). The quantitative estimate of drug-likeness (QED) is 0.0139. The number of carbonyl (C=O) groups is 5. The molecule has 4 amide bonds. The Bertz CT molecular complexity index is 2850. The van der Waals surface area contributed by atoms with Gasteiger partial charge in [-0.2, -0.15) is 26.7 Å². The van der Waals surface area contributed by atoms with Crippen molar-refractivity contribution in [3.05, 3.63) is 112 Å². The molecular weight excluding hydrogens is 1030 g/mol. The van der Waals surface area contributed by atoms with Gasteiger partial charge in [0.2, 0.25) is 0 Å². The van der Waals surface area contributed by atoms with E-state index in [9.17, 15) is 50.1 Å². The van der Waals surface area contributed by atoms with Crippen molar-refractivity contribution in [2.75, 3.05) is 25.0 Å².